The Morgan fingerprint density at radius 1 is 1.07 bits per heavy atom. The average molecular weight is 373 g/mol. The molecule has 0 spiro atoms. The average Bonchev–Trinajstić information content (AvgIpc) is 2.91. The van der Waals surface area contributed by atoms with Gasteiger partial charge in [-0.1, -0.05) is 61.2 Å². The first-order valence-corrected chi connectivity index (χ1v) is 9.45. The number of hydrogen-bond donors (Lipinski definition) is 0. The number of amides is 1. The molecule has 1 amide bonds. The number of hydrogen-bond acceptors (Lipinski definition) is 3. The molecule has 1 aliphatic rings. The number of allylic oxidation sites excluding steroid dienone is 1. The Hall–Kier alpha value is -3.27. The molecule has 142 valence electrons. The maximum Gasteiger partial charge on any atom is 0.414 e. The van der Waals surface area contributed by atoms with E-state index >= 15 is 0 Å². The molecule has 0 saturated carbocycles. The molecular weight excluding hydrogens is 350 g/mol. The van der Waals surface area contributed by atoms with Crippen LogP contribution in [-0.4, -0.2) is 19.7 Å². The summed E-state index contributed by atoms with van der Waals surface area (Å²) in [6.45, 7) is 5.34. The van der Waals surface area contributed by atoms with Crippen LogP contribution >= 0.6 is 0 Å². The molecule has 0 radical (unpaired) electrons. The monoisotopic (exact) mass is 373 g/mol. The fourth-order valence-electron chi connectivity index (χ4n) is 3.76. The number of rotatable bonds is 3. The highest BCUT2D eigenvalue weighted by Crippen LogP contribution is 2.43. The van der Waals surface area contributed by atoms with E-state index in [4.69, 9.17) is 9.47 Å². The van der Waals surface area contributed by atoms with E-state index in [1.165, 1.54) is 7.11 Å². The van der Waals surface area contributed by atoms with Crippen LogP contribution < -0.4 is 9.64 Å². The molecule has 3 aromatic carbocycles. The van der Waals surface area contributed by atoms with E-state index < -0.39 is 0 Å². The van der Waals surface area contributed by atoms with Crippen LogP contribution in [0.4, 0.5) is 10.5 Å². The van der Waals surface area contributed by atoms with Crippen LogP contribution in [0, 0.1) is 0 Å². The summed E-state index contributed by atoms with van der Waals surface area (Å²) in [5.74, 6) is 0.752. The first-order valence-electron chi connectivity index (χ1n) is 9.45. The molecule has 28 heavy (non-hydrogen) atoms. The minimum absolute atomic E-state index is 0.361. The first kappa shape index (κ1) is 18.1. The van der Waals surface area contributed by atoms with E-state index in [2.05, 4.69) is 18.7 Å². The van der Waals surface area contributed by atoms with Crippen LogP contribution in [-0.2, 0) is 11.3 Å². The summed E-state index contributed by atoms with van der Waals surface area (Å²) in [7, 11) is 1.41. The van der Waals surface area contributed by atoms with Crippen LogP contribution in [0.2, 0.25) is 0 Å². The van der Waals surface area contributed by atoms with Crippen molar-refractivity contribution in [2.45, 2.75) is 19.4 Å². The van der Waals surface area contributed by atoms with E-state index in [0.29, 0.717) is 13.2 Å². The van der Waals surface area contributed by atoms with Gasteiger partial charge in [0.1, 0.15) is 12.4 Å². The molecule has 0 saturated heterocycles. The van der Waals surface area contributed by atoms with Gasteiger partial charge in [-0.2, -0.15) is 0 Å². The van der Waals surface area contributed by atoms with E-state index in [1.807, 2.05) is 48.5 Å². The zero-order valence-electron chi connectivity index (χ0n) is 16.0. The van der Waals surface area contributed by atoms with Gasteiger partial charge in [-0.25, -0.2) is 4.79 Å². The Labute approximate surface area is 165 Å². The van der Waals surface area contributed by atoms with Crippen LogP contribution in [0.5, 0.6) is 5.75 Å². The molecule has 0 N–H and O–H groups in total. The largest absolute Gasteiger partial charge is 0.488 e. The molecule has 0 bridgehead atoms. The van der Waals surface area contributed by atoms with Crippen molar-refractivity contribution in [3.05, 3.63) is 78.4 Å². The number of ether oxygens (including phenoxy) is 2. The third-order valence-corrected chi connectivity index (χ3v) is 5.12. The summed E-state index contributed by atoms with van der Waals surface area (Å²) in [4.78, 5) is 14.1. The molecule has 0 atom stereocenters. The number of methoxy groups -OCH3 is 1. The summed E-state index contributed by atoms with van der Waals surface area (Å²) in [5.41, 5.74) is 3.93. The zero-order valence-corrected chi connectivity index (χ0v) is 16.0. The van der Waals surface area contributed by atoms with Gasteiger partial charge in [-0.3, -0.25) is 4.90 Å². The Morgan fingerprint density at radius 2 is 1.79 bits per heavy atom. The number of nitrogens with zero attached hydrogens (tertiary/aromatic N) is 1. The lowest BCUT2D eigenvalue weighted by Crippen LogP contribution is -2.31. The quantitative estimate of drug-likeness (QED) is 0.582. The number of anilines is 1. The summed E-state index contributed by atoms with van der Waals surface area (Å²) >= 11 is 0. The molecular formula is C24H23NO3. The van der Waals surface area contributed by atoms with Crippen molar-refractivity contribution in [3.8, 4) is 5.75 Å². The Morgan fingerprint density at radius 3 is 2.54 bits per heavy atom. The van der Waals surface area contributed by atoms with Crippen molar-refractivity contribution in [3.63, 3.8) is 0 Å². The lowest BCUT2D eigenvalue weighted by molar-refractivity contribution is 0.178. The van der Waals surface area contributed by atoms with Crippen LogP contribution in [0.1, 0.15) is 24.0 Å². The van der Waals surface area contributed by atoms with Crippen molar-refractivity contribution in [2.75, 3.05) is 18.6 Å². The molecule has 4 heteroatoms. The highest BCUT2D eigenvalue weighted by Gasteiger charge is 2.26. The highest BCUT2D eigenvalue weighted by molar-refractivity contribution is 6.06. The van der Waals surface area contributed by atoms with E-state index in [1.54, 1.807) is 4.90 Å². The lowest BCUT2D eigenvalue weighted by Gasteiger charge is -2.24. The topological polar surface area (TPSA) is 38.8 Å². The second-order valence-corrected chi connectivity index (χ2v) is 6.92. The number of benzene rings is 3. The minimum atomic E-state index is -0.361. The summed E-state index contributed by atoms with van der Waals surface area (Å²) in [6, 6.07) is 20.1. The van der Waals surface area contributed by atoms with Crippen molar-refractivity contribution < 1.29 is 14.3 Å². The standard InChI is InChI=1S/C24H23NO3/c1-17-9-8-14-25(24(26)27-2)21-15-22(28-16-18-10-4-3-5-11-18)19-12-6-7-13-20(19)23(17)21/h3-7,10-13,15H,1,8-9,14,16H2,2H3. The molecule has 1 heterocycles. The van der Waals surface area contributed by atoms with Gasteiger partial charge in [-0.15, -0.1) is 0 Å². The maximum absolute atomic E-state index is 12.4. The molecule has 0 aromatic heterocycles. The van der Waals surface area contributed by atoms with Gasteiger partial charge in [0.15, 0.2) is 0 Å². The minimum Gasteiger partial charge on any atom is -0.488 e. The normalized spacial score (nSPS) is 13.8. The molecule has 3 aromatic rings. The van der Waals surface area contributed by atoms with Gasteiger partial charge in [0.05, 0.1) is 12.8 Å². The summed E-state index contributed by atoms with van der Waals surface area (Å²) in [6.07, 6.45) is 1.33. The molecule has 0 aliphatic carbocycles. The van der Waals surface area contributed by atoms with E-state index in [9.17, 15) is 4.79 Å². The Kier molecular flexibility index (Phi) is 5.02. The predicted octanol–water partition coefficient (Wildman–Crippen LogP) is 5.80. The van der Waals surface area contributed by atoms with Gasteiger partial charge < -0.3 is 9.47 Å². The summed E-state index contributed by atoms with van der Waals surface area (Å²) in [5, 5.41) is 2.06. The smallest absolute Gasteiger partial charge is 0.414 e. The third-order valence-electron chi connectivity index (χ3n) is 5.12. The Balaban J connectivity index is 1.85. The van der Waals surface area contributed by atoms with Crippen molar-refractivity contribution in [1.82, 2.24) is 0 Å². The summed E-state index contributed by atoms with van der Waals surface area (Å²) < 4.78 is 11.2. The number of carbonyl (C=O) groups is 1. The molecule has 4 rings (SSSR count). The van der Waals surface area contributed by atoms with Gasteiger partial charge >= 0.3 is 6.09 Å². The van der Waals surface area contributed by atoms with Gasteiger partial charge in [0, 0.05) is 23.6 Å². The number of carbonyl (C=O) groups excluding carboxylic acids is 1. The molecule has 0 fully saturated rings. The highest BCUT2D eigenvalue weighted by atomic mass is 16.5. The Bertz CT molecular complexity index is 1030. The fraction of sp³-hybridized carbons (Fsp3) is 0.208. The van der Waals surface area contributed by atoms with Gasteiger partial charge in [0.2, 0.25) is 0 Å². The van der Waals surface area contributed by atoms with E-state index in [-0.39, 0.29) is 6.09 Å². The maximum atomic E-state index is 12.4. The van der Waals surface area contributed by atoms with E-state index in [0.717, 1.165) is 51.8 Å². The van der Waals surface area contributed by atoms with Crippen LogP contribution in [0.25, 0.3) is 16.3 Å². The molecule has 1 aliphatic heterocycles. The van der Waals surface area contributed by atoms with Crippen molar-refractivity contribution in [2.24, 2.45) is 0 Å². The molecule has 0 unspecified atom stereocenters. The first-order chi connectivity index (χ1) is 13.7. The van der Waals surface area contributed by atoms with Gasteiger partial charge in [-0.05, 0) is 29.4 Å². The third kappa shape index (κ3) is 3.33. The fourth-order valence-corrected chi connectivity index (χ4v) is 3.76. The predicted molar refractivity (Wildman–Crippen MR) is 113 cm³/mol. The molecule has 4 nitrogen and oxygen atoms in total. The second kappa shape index (κ2) is 7.77. The van der Waals surface area contributed by atoms with Crippen molar-refractivity contribution >= 4 is 28.1 Å². The van der Waals surface area contributed by atoms with Gasteiger partial charge in [0.25, 0.3) is 0 Å². The number of fused-ring (bicyclic) bond motifs is 3. The SMILES string of the molecule is C=C1CCCN(C(=O)OC)c2cc(OCc3ccccc3)c3ccccc3c21. The van der Waals surface area contributed by atoms with Crippen LogP contribution in [0.15, 0.2) is 67.2 Å². The second-order valence-electron chi connectivity index (χ2n) is 6.92. The zero-order chi connectivity index (χ0) is 19.5. The lowest BCUT2D eigenvalue weighted by atomic mass is 9.95. The van der Waals surface area contributed by atoms with Crippen molar-refractivity contribution in [1.29, 1.82) is 0 Å². The van der Waals surface area contributed by atoms with Crippen LogP contribution in [0.3, 0.4) is 0 Å².